The maximum Gasteiger partial charge on any atom is 0.268 e. The van der Waals surface area contributed by atoms with E-state index in [1.54, 1.807) is 6.07 Å². The number of carbonyl (C=O) groups is 1. The van der Waals surface area contributed by atoms with Crippen molar-refractivity contribution in [1.29, 1.82) is 0 Å². The van der Waals surface area contributed by atoms with Gasteiger partial charge in [-0.15, -0.1) is 0 Å². The van der Waals surface area contributed by atoms with E-state index in [0.29, 0.717) is 17.9 Å². The summed E-state index contributed by atoms with van der Waals surface area (Å²) in [6.45, 7) is 6.52. The second kappa shape index (κ2) is 5.27. The van der Waals surface area contributed by atoms with E-state index >= 15 is 0 Å². The van der Waals surface area contributed by atoms with Crippen LogP contribution in [0.3, 0.4) is 0 Å². The molecular formula is C13H18N4O2. The number of hydrogen-bond acceptors (Lipinski definition) is 4. The summed E-state index contributed by atoms with van der Waals surface area (Å²) >= 11 is 0. The lowest BCUT2D eigenvalue weighted by atomic mass is 10.1. The summed E-state index contributed by atoms with van der Waals surface area (Å²) < 4.78 is 7.20. The zero-order valence-electron chi connectivity index (χ0n) is 11.4. The molecule has 2 aromatic rings. The van der Waals surface area contributed by atoms with Gasteiger partial charge in [-0.2, -0.15) is 5.10 Å². The van der Waals surface area contributed by atoms with Crippen molar-refractivity contribution in [3.8, 4) is 0 Å². The SMILES string of the molecule is CCc1c(C)nn(Cc2occc2C(=O)NN)c1C. The van der Waals surface area contributed by atoms with E-state index in [0.717, 1.165) is 17.8 Å². The van der Waals surface area contributed by atoms with Crippen LogP contribution in [0.2, 0.25) is 0 Å². The molecule has 1 amide bonds. The lowest BCUT2D eigenvalue weighted by molar-refractivity contribution is 0.0951. The van der Waals surface area contributed by atoms with E-state index in [1.807, 2.05) is 18.5 Å². The van der Waals surface area contributed by atoms with Gasteiger partial charge in [-0.05, 0) is 31.9 Å². The van der Waals surface area contributed by atoms with Crippen LogP contribution in [0.15, 0.2) is 16.7 Å². The first-order valence-corrected chi connectivity index (χ1v) is 6.18. The van der Waals surface area contributed by atoms with Gasteiger partial charge in [0.15, 0.2) is 0 Å². The van der Waals surface area contributed by atoms with Gasteiger partial charge in [-0.25, -0.2) is 5.84 Å². The number of aryl methyl sites for hydroxylation is 1. The van der Waals surface area contributed by atoms with Gasteiger partial charge >= 0.3 is 0 Å². The summed E-state index contributed by atoms with van der Waals surface area (Å²) in [6, 6.07) is 1.60. The van der Waals surface area contributed by atoms with Gasteiger partial charge < -0.3 is 4.42 Å². The largest absolute Gasteiger partial charge is 0.467 e. The normalized spacial score (nSPS) is 10.7. The molecule has 0 radical (unpaired) electrons. The van der Waals surface area contributed by atoms with Crippen LogP contribution in [0.25, 0.3) is 0 Å². The molecule has 0 aliphatic carbocycles. The molecular weight excluding hydrogens is 244 g/mol. The predicted molar refractivity (Wildman–Crippen MR) is 70.5 cm³/mol. The Hall–Kier alpha value is -2.08. The fourth-order valence-corrected chi connectivity index (χ4v) is 2.28. The molecule has 0 aliphatic rings. The van der Waals surface area contributed by atoms with Gasteiger partial charge in [0.05, 0.1) is 17.5 Å². The van der Waals surface area contributed by atoms with Crippen LogP contribution in [0.4, 0.5) is 0 Å². The molecule has 19 heavy (non-hydrogen) atoms. The maximum atomic E-state index is 11.6. The number of nitrogens with zero attached hydrogens (tertiary/aromatic N) is 2. The van der Waals surface area contributed by atoms with Crippen LogP contribution in [0, 0.1) is 13.8 Å². The molecule has 2 rings (SSSR count). The fourth-order valence-electron chi connectivity index (χ4n) is 2.28. The van der Waals surface area contributed by atoms with E-state index in [2.05, 4.69) is 17.4 Å². The summed E-state index contributed by atoms with van der Waals surface area (Å²) in [5.41, 5.74) is 5.88. The number of carbonyl (C=O) groups excluding carboxylic acids is 1. The highest BCUT2D eigenvalue weighted by atomic mass is 16.3. The quantitative estimate of drug-likeness (QED) is 0.494. The third-order valence-electron chi connectivity index (χ3n) is 3.30. The summed E-state index contributed by atoms with van der Waals surface area (Å²) in [5.74, 6) is 5.33. The minimum Gasteiger partial charge on any atom is -0.467 e. The van der Waals surface area contributed by atoms with Crippen LogP contribution in [0.1, 0.15) is 40.0 Å². The molecule has 6 heteroatoms. The Bertz CT molecular complexity index is 598. The van der Waals surface area contributed by atoms with Gasteiger partial charge in [-0.1, -0.05) is 6.92 Å². The third kappa shape index (κ3) is 2.39. The van der Waals surface area contributed by atoms with Gasteiger partial charge in [0.1, 0.15) is 12.3 Å². The molecule has 0 saturated carbocycles. The van der Waals surface area contributed by atoms with Crippen molar-refractivity contribution in [3.63, 3.8) is 0 Å². The minimum atomic E-state index is -0.360. The van der Waals surface area contributed by atoms with E-state index in [4.69, 9.17) is 10.3 Å². The molecule has 0 fully saturated rings. The van der Waals surface area contributed by atoms with Crippen molar-refractivity contribution in [2.24, 2.45) is 5.84 Å². The Morgan fingerprint density at radius 1 is 1.53 bits per heavy atom. The summed E-state index contributed by atoms with van der Waals surface area (Å²) in [4.78, 5) is 11.6. The lowest BCUT2D eigenvalue weighted by Gasteiger charge is -2.05. The van der Waals surface area contributed by atoms with E-state index in [-0.39, 0.29) is 5.91 Å². The van der Waals surface area contributed by atoms with Crippen molar-refractivity contribution < 1.29 is 9.21 Å². The van der Waals surface area contributed by atoms with Gasteiger partial charge in [-0.3, -0.25) is 14.9 Å². The topological polar surface area (TPSA) is 86.1 Å². The molecule has 0 spiro atoms. The zero-order valence-corrected chi connectivity index (χ0v) is 11.4. The second-order valence-electron chi connectivity index (χ2n) is 4.39. The number of amides is 1. The first-order chi connectivity index (χ1) is 9.08. The highest BCUT2D eigenvalue weighted by Crippen LogP contribution is 2.17. The van der Waals surface area contributed by atoms with E-state index in [9.17, 15) is 4.79 Å². The van der Waals surface area contributed by atoms with Crippen LogP contribution in [-0.4, -0.2) is 15.7 Å². The van der Waals surface area contributed by atoms with Gasteiger partial charge in [0.2, 0.25) is 0 Å². The summed E-state index contributed by atoms with van der Waals surface area (Å²) in [5, 5.41) is 4.48. The number of hydrazine groups is 1. The third-order valence-corrected chi connectivity index (χ3v) is 3.30. The van der Waals surface area contributed by atoms with Crippen molar-refractivity contribution in [2.45, 2.75) is 33.7 Å². The van der Waals surface area contributed by atoms with Crippen molar-refractivity contribution in [1.82, 2.24) is 15.2 Å². The van der Waals surface area contributed by atoms with Gasteiger partial charge in [0.25, 0.3) is 5.91 Å². The molecule has 0 unspecified atom stereocenters. The molecule has 0 aromatic carbocycles. The van der Waals surface area contributed by atoms with Crippen LogP contribution in [-0.2, 0) is 13.0 Å². The maximum absolute atomic E-state index is 11.6. The van der Waals surface area contributed by atoms with Gasteiger partial charge in [0, 0.05) is 5.69 Å². The van der Waals surface area contributed by atoms with Crippen LogP contribution < -0.4 is 11.3 Å². The predicted octanol–water partition coefficient (Wildman–Crippen LogP) is 1.31. The van der Waals surface area contributed by atoms with Crippen LogP contribution in [0.5, 0.6) is 0 Å². The molecule has 3 N–H and O–H groups in total. The molecule has 6 nitrogen and oxygen atoms in total. The first kappa shape index (κ1) is 13.4. The van der Waals surface area contributed by atoms with Crippen LogP contribution >= 0.6 is 0 Å². The Kier molecular flexibility index (Phi) is 3.71. The van der Waals surface area contributed by atoms with E-state index < -0.39 is 0 Å². The number of hydrogen-bond donors (Lipinski definition) is 2. The lowest BCUT2D eigenvalue weighted by Crippen LogP contribution is -2.30. The molecule has 102 valence electrons. The zero-order chi connectivity index (χ0) is 14.0. The highest BCUT2D eigenvalue weighted by Gasteiger charge is 2.16. The Morgan fingerprint density at radius 3 is 2.84 bits per heavy atom. The Morgan fingerprint density at radius 2 is 2.26 bits per heavy atom. The fraction of sp³-hybridized carbons (Fsp3) is 0.385. The number of rotatable bonds is 4. The average Bonchev–Trinajstić information content (AvgIpc) is 2.95. The molecule has 2 aromatic heterocycles. The number of aromatic nitrogens is 2. The first-order valence-electron chi connectivity index (χ1n) is 6.18. The van der Waals surface area contributed by atoms with Crippen molar-refractivity contribution in [2.75, 3.05) is 0 Å². The molecule has 2 heterocycles. The average molecular weight is 262 g/mol. The number of nitrogens with one attached hydrogen (secondary N) is 1. The summed E-state index contributed by atoms with van der Waals surface area (Å²) in [7, 11) is 0. The molecule has 0 saturated heterocycles. The van der Waals surface area contributed by atoms with Crippen molar-refractivity contribution in [3.05, 3.63) is 40.6 Å². The molecule has 0 atom stereocenters. The molecule has 0 aliphatic heterocycles. The number of nitrogen functional groups attached to an aromatic ring is 1. The smallest absolute Gasteiger partial charge is 0.268 e. The van der Waals surface area contributed by atoms with Crippen molar-refractivity contribution >= 4 is 5.91 Å². The molecule has 0 bridgehead atoms. The summed E-state index contributed by atoms with van der Waals surface area (Å²) in [6.07, 6.45) is 2.41. The number of nitrogens with two attached hydrogens (primary N) is 1. The second-order valence-corrected chi connectivity index (χ2v) is 4.39. The Balaban J connectivity index is 2.32. The number of furan rings is 1. The Labute approximate surface area is 111 Å². The van der Waals surface area contributed by atoms with E-state index in [1.165, 1.54) is 11.8 Å². The highest BCUT2D eigenvalue weighted by molar-refractivity contribution is 5.94. The monoisotopic (exact) mass is 262 g/mol. The standard InChI is InChI=1S/C13H18N4O2/c1-4-10-8(2)16-17(9(10)3)7-12-11(5-6-19-12)13(18)15-14/h5-6H,4,7,14H2,1-3H3,(H,15,18). The minimum absolute atomic E-state index is 0.360.